The van der Waals surface area contributed by atoms with Crippen LogP contribution in [0.4, 0.5) is 0 Å². The lowest BCUT2D eigenvalue weighted by Gasteiger charge is -2.37. The van der Waals surface area contributed by atoms with E-state index in [2.05, 4.69) is 35.6 Å². The number of benzene rings is 1. The molecule has 2 aliphatic rings. The van der Waals surface area contributed by atoms with Crippen LogP contribution < -0.4 is 5.32 Å². The summed E-state index contributed by atoms with van der Waals surface area (Å²) in [5.41, 5.74) is 1.48. The van der Waals surface area contributed by atoms with Crippen molar-refractivity contribution in [1.82, 2.24) is 5.32 Å². The summed E-state index contributed by atoms with van der Waals surface area (Å²) in [6.45, 7) is 3.15. The number of nitrogens with one attached hydrogen (secondary N) is 1. The van der Waals surface area contributed by atoms with Gasteiger partial charge in [0.05, 0.1) is 25.9 Å². The van der Waals surface area contributed by atoms with Crippen molar-refractivity contribution in [3.05, 3.63) is 35.9 Å². The van der Waals surface area contributed by atoms with Gasteiger partial charge in [0, 0.05) is 12.6 Å². The van der Waals surface area contributed by atoms with Crippen LogP contribution in [0.15, 0.2) is 30.3 Å². The molecule has 1 heterocycles. The van der Waals surface area contributed by atoms with Crippen LogP contribution in [0.25, 0.3) is 0 Å². The summed E-state index contributed by atoms with van der Waals surface area (Å²) in [7, 11) is 0. The van der Waals surface area contributed by atoms with E-state index in [9.17, 15) is 0 Å². The van der Waals surface area contributed by atoms with Gasteiger partial charge < -0.3 is 14.8 Å². The van der Waals surface area contributed by atoms with Crippen LogP contribution in [0.1, 0.15) is 24.3 Å². The first-order valence-electron chi connectivity index (χ1n) is 6.89. The summed E-state index contributed by atoms with van der Waals surface area (Å²) in [6.07, 6.45) is 2.74. The van der Waals surface area contributed by atoms with Gasteiger partial charge in [-0.25, -0.2) is 0 Å². The van der Waals surface area contributed by atoms with Gasteiger partial charge in [-0.3, -0.25) is 0 Å². The second kappa shape index (κ2) is 5.83. The molecule has 1 aliphatic heterocycles. The molecule has 1 saturated heterocycles. The molecule has 18 heavy (non-hydrogen) atoms. The van der Waals surface area contributed by atoms with E-state index >= 15 is 0 Å². The first-order chi connectivity index (χ1) is 8.92. The molecule has 98 valence electrons. The van der Waals surface area contributed by atoms with Gasteiger partial charge in [0.1, 0.15) is 0 Å². The molecule has 1 unspecified atom stereocenters. The summed E-state index contributed by atoms with van der Waals surface area (Å²) in [4.78, 5) is 0. The molecule has 0 radical (unpaired) electrons. The molecule has 1 aromatic carbocycles. The Morgan fingerprint density at radius 2 is 1.94 bits per heavy atom. The number of hydrogen-bond donors (Lipinski definition) is 1. The summed E-state index contributed by atoms with van der Waals surface area (Å²) < 4.78 is 11.0. The third-order valence-electron chi connectivity index (χ3n) is 3.93. The van der Waals surface area contributed by atoms with E-state index in [0.717, 1.165) is 32.3 Å². The van der Waals surface area contributed by atoms with Crippen molar-refractivity contribution >= 4 is 0 Å². The second-order valence-corrected chi connectivity index (χ2v) is 5.25. The molecule has 0 amide bonds. The lowest BCUT2D eigenvalue weighted by Crippen LogP contribution is -2.46. The van der Waals surface area contributed by atoms with Crippen LogP contribution in [0, 0.1) is 0 Å². The maximum atomic E-state index is 5.62. The molecule has 2 fully saturated rings. The monoisotopic (exact) mass is 247 g/mol. The topological polar surface area (TPSA) is 30.5 Å². The fraction of sp³-hybridized carbons (Fsp3) is 0.600. The molecule has 0 aromatic heterocycles. The van der Waals surface area contributed by atoms with E-state index in [1.54, 1.807) is 0 Å². The van der Waals surface area contributed by atoms with Crippen molar-refractivity contribution in [1.29, 1.82) is 0 Å². The highest BCUT2D eigenvalue weighted by Gasteiger charge is 2.30. The third-order valence-corrected chi connectivity index (χ3v) is 3.93. The highest BCUT2D eigenvalue weighted by molar-refractivity contribution is 5.22. The Kier molecular flexibility index (Phi) is 3.93. The summed E-state index contributed by atoms with van der Waals surface area (Å²) in [5.74, 6) is 0.743. The van der Waals surface area contributed by atoms with E-state index in [4.69, 9.17) is 9.47 Å². The molecule has 3 rings (SSSR count). The Hall–Kier alpha value is -0.900. The van der Waals surface area contributed by atoms with Crippen molar-refractivity contribution in [2.24, 2.45) is 0 Å². The quantitative estimate of drug-likeness (QED) is 0.882. The molecule has 1 aromatic rings. The van der Waals surface area contributed by atoms with Gasteiger partial charge in [-0.05, 0) is 24.3 Å². The maximum absolute atomic E-state index is 5.62. The molecule has 0 spiro atoms. The van der Waals surface area contributed by atoms with E-state index < -0.39 is 0 Å². The number of ether oxygens (including phenoxy) is 2. The van der Waals surface area contributed by atoms with Gasteiger partial charge in [-0.15, -0.1) is 0 Å². The van der Waals surface area contributed by atoms with E-state index in [0.29, 0.717) is 6.04 Å². The molecular formula is C15H21NO2. The van der Waals surface area contributed by atoms with Crippen LogP contribution in [-0.2, 0) is 9.47 Å². The molecule has 3 heteroatoms. The maximum Gasteiger partial charge on any atom is 0.0933 e. The van der Waals surface area contributed by atoms with Crippen molar-refractivity contribution in [3.63, 3.8) is 0 Å². The lowest BCUT2D eigenvalue weighted by molar-refractivity contribution is -0.0878. The Morgan fingerprint density at radius 1 is 1.11 bits per heavy atom. The average molecular weight is 247 g/mol. The van der Waals surface area contributed by atoms with Crippen molar-refractivity contribution in [3.8, 4) is 0 Å². The van der Waals surface area contributed by atoms with Crippen LogP contribution >= 0.6 is 0 Å². The van der Waals surface area contributed by atoms with Crippen LogP contribution in [0.2, 0.25) is 0 Å². The molecule has 1 atom stereocenters. The normalized spacial score (nSPS) is 31.9. The summed E-state index contributed by atoms with van der Waals surface area (Å²) in [5, 5.41) is 3.58. The Labute approximate surface area is 108 Å². The molecular weight excluding hydrogens is 226 g/mol. The van der Waals surface area contributed by atoms with Crippen LogP contribution in [0.5, 0.6) is 0 Å². The van der Waals surface area contributed by atoms with Crippen molar-refractivity contribution in [2.75, 3.05) is 26.4 Å². The zero-order valence-corrected chi connectivity index (χ0v) is 10.7. The highest BCUT2D eigenvalue weighted by Crippen LogP contribution is 2.36. The lowest BCUT2D eigenvalue weighted by atomic mass is 9.76. The molecule has 1 aliphatic carbocycles. The third kappa shape index (κ3) is 2.91. The standard InChI is InChI=1S/C15H21NO2/c1-2-4-12(5-3-1)13-8-14(9-13)16-10-15-11-17-6-7-18-15/h1-5,13-16H,6-11H2. The van der Waals surface area contributed by atoms with E-state index in [1.165, 1.54) is 18.4 Å². The van der Waals surface area contributed by atoms with Gasteiger partial charge in [0.2, 0.25) is 0 Å². The average Bonchev–Trinajstić information content (AvgIpc) is 2.39. The molecule has 1 N–H and O–H groups in total. The molecule has 0 bridgehead atoms. The first-order valence-corrected chi connectivity index (χ1v) is 6.89. The second-order valence-electron chi connectivity index (χ2n) is 5.25. The summed E-state index contributed by atoms with van der Waals surface area (Å²) in [6, 6.07) is 11.5. The van der Waals surface area contributed by atoms with Crippen LogP contribution in [-0.4, -0.2) is 38.5 Å². The zero-order chi connectivity index (χ0) is 12.2. The minimum atomic E-state index is 0.245. The predicted molar refractivity (Wildman–Crippen MR) is 70.8 cm³/mol. The predicted octanol–water partition coefficient (Wildman–Crippen LogP) is 1.94. The van der Waals surface area contributed by atoms with Gasteiger partial charge in [0.25, 0.3) is 0 Å². The van der Waals surface area contributed by atoms with E-state index in [-0.39, 0.29) is 6.10 Å². The first kappa shape index (κ1) is 12.2. The molecule has 1 saturated carbocycles. The SMILES string of the molecule is c1ccc(C2CC(NCC3COCCO3)C2)cc1. The Bertz CT molecular complexity index is 356. The number of rotatable bonds is 4. The number of hydrogen-bond acceptors (Lipinski definition) is 3. The fourth-order valence-corrected chi connectivity index (χ4v) is 2.73. The largest absolute Gasteiger partial charge is 0.376 e. The summed E-state index contributed by atoms with van der Waals surface area (Å²) >= 11 is 0. The van der Waals surface area contributed by atoms with Crippen molar-refractivity contribution < 1.29 is 9.47 Å². The fourth-order valence-electron chi connectivity index (χ4n) is 2.73. The van der Waals surface area contributed by atoms with Crippen LogP contribution in [0.3, 0.4) is 0 Å². The van der Waals surface area contributed by atoms with Crippen molar-refractivity contribution in [2.45, 2.75) is 30.9 Å². The molecule has 3 nitrogen and oxygen atoms in total. The minimum absolute atomic E-state index is 0.245. The Balaban J connectivity index is 1.37. The minimum Gasteiger partial charge on any atom is -0.376 e. The van der Waals surface area contributed by atoms with Gasteiger partial charge in [-0.1, -0.05) is 30.3 Å². The van der Waals surface area contributed by atoms with Gasteiger partial charge in [0.15, 0.2) is 0 Å². The van der Waals surface area contributed by atoms with Gasteiger partial charge >= 0.3 is 0 Å². The Morgan fingerprint density at radius 3 is 2.67 bits per heavy atom. The van der Waals surface area contributed by atoms with Gasteiger partial charge in [-0.2, -0.15) is 0 Å². The smallest absolute Gasteiger partial charge is 0.0933 e. The zero-order valence-electron chi connectivity index (χ0n) is 10.7. The van der Waals surface area contributed by atoms with E-state index in [1.807, 2.05) is 0 Å². The highest BCUT2D eigenvalue weighted by atomic mass is 16.6.